The lowest BCUT2D eigenvalue weighted by molar-refractivity contribution is 0.250. The topological polar surface area (TPSA) is 32.3 Å². The summed E-state index contributed by atoms with van der Waals surface area (Å²) in [6.07, 6.45) is 8.07. The monoisotopic (exact) mass is 260 g/mol. The quantitative estimate of drug-likeness (QED) is 0.832. The van der Waals surface area contributed by atoms with E-state index in [4.69, 9.17) is 0 Å². The van der Waals surface area contributed by atoms with Crippen LogP contribution in [0.4, 0.5) is 5.82 Å². The maximum Gasteiger partial charge on any atom is 0.147 e. The SMILES string of the molecule is CC(C)N1C[C@H]2CC[C@@H](N(C)c3cnccn3)[C@H]2C1. The third kappa shape index (κ3) is 2.34. The molecule has 0 spiro atoms. The molecular formula is C15H24N4. The van der Waals surface area contributed by atoms with Crippen LogP contribution in [0.5, 0.6) is 0 Å². The Morgan fingerprint density at radius 1 is 1.26 bits per heavy atom. The Morgan fingerprint density at radius 2 is 2.11 bits per heavy atom. The molecule has 1 aromatic heterocycles. The third-order valence-electron chi connectivity index (χ3n) is 4.99. The van der Waals surface area contributed by atoms with Crippen LogP contribution in [0, 0.1) is 11.8 Å². The number of hydrogen-bond acceptors (Lipinski definition) is 4. The number of nitrogens with zero attached hydrogens (tertiary/aromatic N) is 4. The van der Waals surface area contributed by atoms with Crippen LogP contribution in [0.1, 0.15) is 26.7 Å². The van der Waals surface area contributed by atoms with Gasteiger partial charge < -0.3 is 9.80 Å². The minimum Gasteiger partial charge on any atom is -0.355 e. The van der Waals surface area contributed by atoms with E-state index < -0.39 is 0 Å². The molecule has 4 nitrogen and oxygen atoms in total. The molecule has 104 valence electrons. The highest BCUT2D eigenvalue weighted by molar-refractivity contribution is 5.36. The van der Waals surface area contributed by atoms with Gasteiger partial charge in [0.25, 0.3) is 0 Å². The number of hydrogen-bond donors (Lipinski definition) is 0. The Balaban J connectivity index is 1.73. The largest absolute Gasteiger partial charge is 0.355 e. The molecule has 2 aliphatic rings. The standard InChI is InChI=1S/C15H24N4/c1-11(2)19-9-12-4-5-14(13(12)10-19)18(3)15-8-16-6-7-17-15/h6-8,11-14H,4-5,9-10H2,1-3H3/t12-,13+,14-/m1/s1. The summed E-state index contributed by atoms with van der Waals surface area (Å²) in [5.41, 5.74) is 0. The van der Waals surface area contributed by atoms with E-state index in [0.717, 1.165) is 17.7 Å². The Morgan fingerprint density at radius 3 is 2.79 bits per heavy atom. The van der Waals surface area contributed by atoms with Gasteiger partial charge in [0.1, 0.15) is 5.82 Å². The summed E-state index contributed by atoms with van der Waals surface area (Å²) < 4.78 is 0. The van der Waals surface area contributed by atoms with Crippen LogP contribution in [-0.2, 0) is 0 Å². The minimum absolute atomic E-state index is 0.630. The first-order valence-electron chi connectivity index (χ1n) is 7.39. The zero-order valence-electron chi connectivity index (χ0n) is 12.2. The molecule has 1 aliphatic heterocycles. The van der Waals surface area contributed by atoms with Gasteiger partial charge in [-0.15, -0.1) is 0 Å². The molecule has 0 bridgehead atoms. The highest BCUT2D eigenvalue weighted by Crippen LogP contribution is 2.41. The Hall–Kier alpha value is -1.16. The molecule has 0 radical (unpaired) electrons. The van der Waals surface area contributed by atoms with Crippen LogP contribution in [0.15, 0.2) is 18.6 Å². The first-order valence-corrected chi connectivity index (χ1v) is 7.39. The molecule has 19 heavy (non-hydrogen) atoms. The van der Waals surface area contributed by atoms with Crippen LogP contribution in [0.3, 0.4) is 0 Å². The molecule has 3 rings (SSSR count). The highest BCUT2D eigenvalue weighted by Gasteiger charge is 2.44. The lowest BCUT2D eigenvalue weighted by Gasteiger charge is -2.31. The van der Waals surface area contributed by atoms with Crippen molar-refractivity contribution in [3.05, 3.63) is 18.6 Å². The van der Waals surface area contributed by atoms with Gasteiger partial charge in [0.15, 0.2) is 0 Å². The van der Waals surface area contributed by atoms with Gasteiger partial charge in [-0.2, -0.15) is 0 Å². The lowest BCUT2D eigenvalue weighted by Crippen LogP contribution is -2.39. The van der Waals surface area contributed by atoms with Crippen LogP contribution in [0.25, 0.3) is 0 Å². The summed E-state index contributed by atoms with van der Waals surface area (Å²) in [5.74, 6) is 2.69. The predicted octanol–water partition coefficient (Wildman–Crippen LogP) is 2.03. The maximum absolute atomic E-state index is 4.44. The summed E-state index contributed by atoms with van der Waals surface area (Å²) in [6, 6.07) is 1.30. The molecule has 1 saturated heterocycles. The predicted molar refractivity (Wildman–Crippen MR) is 77.1 cm³/mol. The smallest absolute Gasteiger partial charge is 0.147 e. The molecule has 0 N–H and O–H groups in total. The number of likely N-dealkylation sites (tertiary alicyclic amines) is 1. The van der Waals surface area contributed by atoms with Crippen LogP contribution in [-0.4, -0.2) is 47.1 Å². The fraction of sp³-hybridized carbons (Fsp3) is 0.733. The highest BCUT2D eigenvalue weighted by atomic mass is 15.2. The summed E-state index contributed by atoms with van der Waals surface area (Å²) in [4.78, 5) is 13.6. The number of fused-ring (bicyclic) bond motifs is 1. The van der Waals surface area contributed by atoms with Gasteiger partial charge in [-0.25, -0.2) is 4.98 Å². The molecule has 0 unspecified atom stereocenters. The van der Waals surface area contributed by atoms with Gasteiger partial charge in [0.05, 0.1) is 6.20 Å². The average molecular weight is 260 g/mol. The molecule has 1 saturated carbocycles. The Labute approximate surface area is 115 Å². The van der Waals surface area contributed by atoms with Crippen molar-refractivity contribution in [3.63, 3.8) is 0 Å². The molecule has 2 fully saturated rings. The molecule has 0 amide bonds. The molecule has 2 heterocycles. The molecular weight excluding hydrogens is 236 g/mol. The van der Waals surface area contributed by atoms with Crippen LogP contribution >= 0.6 is 0 Å². The summed E-state index contributed by atoms with van der Waals surface area (Å²) in [7, 11) is 2.18. The van der Waals surface area contributed by atoms with Crippen LogP contribution < -0.4 is 4.90 Å². The summed E-state index contributed by atoms with van der Waals surface area (Å²) in [5, 5.41) is 0. The van der Waals surface area contributed by atoms with Crippen molar-refractivity contribution in [2.75, 3.05) is 25.0 Å². The van der Waals surface area contributed by atoms with Crippen molar-refractivity contribution in [3.8, 4) is 0 Å². The van der Waals surface area contributed by atoms with Crippen molar-refractivity contribution in [1.29, 1.82) is 0 Å². The van der Waals surface area contributed by atoms with E-state index >= 15 is 0 Å². The van der Waals surface area contributed by atoms with Gasteiger partial charge in [-0.05, 0) is 38.5 Å². The zero-order chi connectivity index (χ0) is 13.4. The van der Waals surface area contributed by atoms with E-state index in [-0.39, 0.29) is 0 Å². The molecule has 1 aliphatic carbocycles. The van der Waals surface area contributed by atoms with Gasteiger partial charge in [-0.3, -0.25) is 4.98 Å². The van der Waals surface area contributed by atoms with Gasteiger partial charge in [-0.1, -0.05) is 0 Å². The van der Waals surface area contributed by atoms with E-state index in [1.54, 1.807) is 12.4 Å². The molecule has 3 atom stereocenters. The Bertz CT molecular complexity index is 419. The first kappa shape index (κ1) is 12.9. The second-order valence-electron chi connectivity index (χ2n) is 6.29. The number of aromatic nitrogens is 2. The molecule has 4 heteroatoms. The van der Waals surface area contributed by atoms with Crippen molar-refractivity contribution < 1.29 is 0 Å². The van der Waals surface area contributed by atoms with Crippen molar-refractivity contribution in [2.24, 2.45) is 11.8 Å². The van der Waals surface area contributed by atoms with Crippen molar-refractivity contribution in [2.45, 2.75) is 38.8 Å². The van der Waals surface area contributed by atoms with Crippen molar-refractivity contribution >= 4 is 5.82 Å². The van der Waals surface area contributed by atoms with E-state index in [0.29, 0.717) is 12.1 Å². The first-order chi connectivity index (χ1) is 9.16. The number of rotatable bonds is 3. The minimum atomic E-state index is 0.630. The van der Waals surface area contributed by atoms with Gasteiger partial charge in [0, 0.05) is 44.6 Å². The normalized spacial score (nSPS) is 30.8. The molecule has 1 aromatic rings. The van der Waals surface area contributed by atoms with E-state index in [1.165, 1.54) is 25.9 Å². The third-order valence-corrected chi connectivity index (χ3v) is 4.99. The number of anilines is 1. The van der Waals surface area contributed by atoms with E-state index in [1.807, 2.05) is 6.20 Å². The van der Waals surface area contributed by atoms with E-state index in [9.17, 15) is 0 Å². The fourth-order valence-electron chi connectivity index (χ4n) is 3.82. The Kier molecular flexibility index (Phi) is 3.44. The van der Waals surface area contributed by atoms with Crippen molar-refractivity contribution in [1.82, 2.24) is 14.9 Å². The van der Waals surface area contributed by atoms with Crippen LogP contribution in [0.2, 0.25) is 0 Å². The summed E-state index contributed by atoms with van der Waals surface area (Å²) >= 11 is 0. The molecule has 0 aromatic carbocycles. The zero-order valence-corrected chi connectivity index (χ0v) is 12.2. The van der Waals surface area contributed by atoms with E-state index in [2.05, 4.69) is 40.7 Å². The van der Waals surface area contributed by atoms with Gasteiger partial charge >= 0.3 is 0 Å². The maximum atomic E-state index is 4.44. The fourth-order valence-corrected chi connectivity index (χ4v) is 3.82. The average Bonchev–Trinajstić information content (AvgIpc) is 2.98. The summed E-state index contributed by atoms with van der Waals surface area (Å²) in [6.45, 7) is 7.15. The second-order valence-corrected chi connectivity index (χ2v) is 6.29. The lowest BCUT2D eigenvalue weighted by atomic mass is 9.97. The van der Waals surface area contributed by atoms with Gasteiger partial charge in [0.2, 0.25) is 0 Å². The second kappa shape index (κ2) is 5.08.